The van der Waals surface area contributed by atoms with E-state index < -0.39 is 0 Å². The smallest absolute Gasteiger partial charge is 0.202 e. The molecule has 266 valence electrons. The van der Waals surface area contributed by atoms with Gasteiger partial charge in [0.2, 0.25) is 26.8 Å². The van der Waals surface area contributed by atoms with Crippen LogP contribution in [0.25, 0.3) is 28.4 Å². The number of hydrogen-bond acceptors (Lipinski definition) is 0. The third kappa shape index (κ3) is 6.94. The van der Waals surface area contributed by atoms with Gasteiger partial charge in [0.25, 0.3) is 0 Å². The number of aromatic nitrogens is 5. The minimum Gasteiger partial charge on any atom is -0.320 e. The standard InChI is InChI=1S/C41H50FN10/c1-43(2)31-11-21-48(22-12-31)37-36(42)38(49-23-13-32(14-24-49)44(3)4)40(51-27-17-34(18-28-51)46(7)8)41(52-29-19-35(20-30-52)47(9)10)39(37)50-25-15-33(16-26-50)45(5)6/h11-30H,1-10H3/q+5. The Morgan fingerprint density at radius 3 is 0.615 bits per heavy atom. The molecular weight excluding hydrogens is 652 g/mol. The van der Waals surface area contributed by atoms with E-state index in [4.69, 9.17) is 0 Å². The Kier molecular flexibility index (Phi) is 10.1. The highest BCUT2D eigenvalue weighted by Crippen LogP contribution is 2.39. The van der Waals surface area contributed by atoms with Crippen molar-refractivity contribution in [2.24, 2.45) is 0 Å². The zero-order valence-corrected chi connectivity index (χ0v) is 31.9. The molecule has 0 spiro atoms. The Morgan fingerprint density at radius 2 is 0.442 bits per heavy atom. The molecule has 0 saturated carbocycles. The average molecular weight is 702 g/mol. The van der Waals surface area contributed by atoms with Crippen LogP contribution in [-0.2, 0) is 0 Å². The van der Waals surface area contributed by atoms with Gasteiger partial charge in [0.05, 0.1) is 17.1 Å². The summed E-state index contributed by atoms with van der Waals surface area (Å²) in [5.74, 6) is -0.377. The molecule has 0 aliphatic carbocycles. The maximum Gasteiger partial charge on any atom is 0.202 e. The van der Waals surface area contributed by atoms with Gasteiger partial charge in [0.1, 0.15) is 81.9 Å². The first kappa shape index (κ1) is 35.7. The van der Waals surface area contributed by atoms with Gasteiger partial charge in [-0.15, -0.1) is 0 Å². The third-order valence-corrected chi connectivity index (χ3v) is 9.24. The molecule has 0 N–H and O–H groups in total. The molecule has 0 amide bonds. The minimum absolute atomic E-state index is 0.377. The molecule has 0 atom stereocenters. The summed E-state index contributed by atoms with van der Waals surface area (Å²) in [7, 11) is 20.1. The summed E-state index contributed by atoms with van der Waals surface area (Å²) >= 11 is 0. The zero-order valence-electron chi connectivity index (χ0n) is 31.9. The molecule has 0 aliphatic heterocycles. The average Bonchev–Trinajstić information content (AvgIpc) is 3.14. The van der Waals surface area contributed by atoms with Gasteiger partial charge in [0.15, 0.2) is 5.82 Å². The molecule has 0 radical (unpaired) electrons. The maximum absolute atomic E-state index is 18.2. The SMILES string of the molecule is C[N+](C)=c1ccn(-c2c(F)c(-n3ccc(=[N+](C)C)cc3)c(-n3ccc(=[N+](C)C)cc3)c(-n3ccc(=[N+](C)C)cc3)c2-n2ccc(=[N+](C)C)cc2)cc1. The van der Waals surface area contributed by atoms with Crippen molar-refractivity contribution in [3.63, 3.8) is 0 Å². The van der Waals surface area contributed by atoms with Gasteiger partial charge in [-0.05, 0) is 0 Å². The fourth-order valence-electron chi connectivity index (χ4n) is 6.19. The van der Waals surface area contributed by atoms with Gasteiger partial charge < -0.3 is 22.8 Å². The first-order valence-electron chi connectivity index (χ1n) is 17.2. The van der Waals surface area contributed by atoms with Crippen molar-refractivity contribution in [3.05, 3.63) is 155 Å². The van der Waals surface area contributed by atoms with Gasteiger partial charge in [-0.1, -0.05) is 0 Å². The molecule has 0 bridgehead atoms. The van der Waals surface area contributed by atoms with E-state index in [1.165, 1.54) is 0 Å². The Morgan fingerprint density at radius 1 is 0.288 bits per heavy atom. The molecule has 6 aromatic rings. The summed E-state index contributed by atoms with van der Waals surface area (Å²) < 4.78 is 38.4. The van der Waals surface area contributed by atoms with Crippen molar-refractivity contribution < 1.29 is 4.39 Å². The van der Waals surface area contributed by atoms with E-state index in [9.17, 15) is 0 Å². The van der Waals surface area contributed by atoms with Crippen LogP contribution in [0.5, 0.6) is 0 Å². The molecular formula is C41H50FN10+5. The monoisotopic (exact) mass is 701 g/mol. The molecule has 5 heterocycles. The van der Waals surface area contributed by atoms with E-state index >= 15 is 4.39 Å². The van der Waals surface area contributed by atoms with Gasteiger partial charge in [-0.3, -0.25) is 0 Å². The third-order valence-electron chi connectivity index (χ3n) is 9.24. The molecule has 52 heavy (non-hydrogen) atoms. The molecule has 1 aromatic carbocycles. The van der Waals surface area contributed by atoms with Crippen LogP contribution in [0.15, 0.2) is 123 Å². The minimum atomic E-state index is -0.377. The van der Waals surface area contributed by atoms with Crippen molar-refractivity contribution in [3.8, 4) is 28.4 Å². The van der Waals surface area contributed by atoms with Gasteiger partial charge in [0, 0.05) is 123 Å². The molecule has 6 rings (SSSR count). The van der Waals surface area contributed by atoms with E-state index in [0.29, 0.717) is 22.7 Å². The van der Waals surface area contributed by atoms with Gasteiger partial charge in [-0.25, -0.2) is 27.3 Å². The molecule has 11 heteroatoms. The topological polar surface area (TPSA) is 39.7 Å². The lowest BCUT2D eigenvalue weighted by atomic mass is 10.1. The van der Waals surface area contributed by atoms with Crippen molar-refractivity contribution in [1.82, 2.24) is 45.7 Å². The second-order valence-corrected chi connectivity index (χ2v) is 13.8. The first-order chi connectivity index (χ1) is 24.8. The summed E-state index contributed by atoms with van der Waals surface area (Å²) in [5, 5.41) is 5.14. The normalized spacial score (nSPS) is 11.0. The predicted molar refractivity (Wildman–Crippen MR) is 209 cm³/mol. The lowest BCUT2D eigenvalue weighted by molar-refractivity contribution is 0.603. The quantitative estimate of drug-likeness (QED) is 0.241. The van der Waals surface area contributed by atoms with Crippen molar-refractivity contribution >= 4 is 0 Å². The van der Waals surface area contributed by atoms with Crippen LogP contribution in [0.1, 0.15) is 0 Å². The number of pyridine rings is 5. The predicted octanol–water partition coefficient (Wildman–Crippen LogP) is 0.938. The number of hydrogen-bond donors (Lipinski definition) is 0. The number of benzene rings is 1. The highest BCUT2D eigenvalue weighted by molar-refractivity contribution is 5.80. The second-order valence-electron chi connectivity index (χ2n) is 13.8. The van der Waals surface area contributed by atoms with Crippen LogP contribution in [0.3, 0.4) is 0 Å². The van der Waals surface area contributed by atoms with E-state index in [1.54, 1.807) is 0 Å². The summed E-state index contributed by atoms with van der Waals surface area (Å²) in [4.78, 5) is 0. The summed E-state index contributed by atoms with van der Waals surface area (Å²) in [6, 6.07) is 20.4. The Labute approximate surface area is 303 Å². The van der Waals surface area contributed by atoms with Gasteiger partial charge in [-0.2, -0.15) is 0 Å². The zero-order chi connectivity index (χ0) is 37.3. The number of halogens is 1. The largest absolute Gasteiger partial charge is 0.320 e. The van der Waals surface area contributed by atoms with Crippen LogP contribution >= 0.6 is 0 Å². The van der Waals surface area contributed by atoms with E-state index in [-0.39, 0.29) is 5.82 Å². The number of nitrogens with zero attached hydrogens (tertiary/aromatic N) is 10. The molecule has 0 fully saturated rings. The van der Waals surface area contributed by atoms with E-state index in [0.717, 1.165) is 32.5 Å². The molecule has 0 aliphatic rings. The summed E-state index contributed by atoms with van der Waals surface area (Å²) in [6.45, 7) is 0. The van der Waals surface area contributed by atoms with Crippen LogP contribution in [0.4, 0.5) is 4.39 Å². The summed E-state index contributed by atoms with van der Waals surface area (Å²) in [6.07, 6.45) is 19.8. The van der Waals surface area contributed by atoms with Crippen LogP contribution in [-0.4, -0.2) is 93.3 Å². The molecule has 0 saturated heterocycles. The first-order valence-corrected chi connectivity index (χ1v) is 17.2. The lowest BCUT2D eigenvalue weighted by Crippen LogP contribution is -2.25. The second kappa shape index (κ2) is 14.6. The van der Waals surface area contributed by atoms with Gasteiger partial charge >= 0.3 is 0 Å². The van der Waals surface area contributed by atoms with Crippen molar-refractivity contribution in [2.75, 3.05) is 70.5 Å². The summed E-state index contributed by atoms with van der Waals surface area (Å²) in [5.41, 5.74) is 2.93. The maximum atomic E-state index is 18.2. The van der Waals surface area contributed by atoms with E-state index in [2.05, 4.69) is 30.4 Å². The number of rotatable bonds is 5. The Bertz CT molecular complexity index is 2440. The highest BCUT2D eigenvalue weighted by Gasteiger charge is 2.29. The van der Waals surface area contributed by atoms with Crippen LogP contribution in [0, 0.1) is 5.82 Å². The molecule has 10 nitrogen and oxygen atoms in total. The Balaban J connectivity index is 1.91. The molecule has 5 aromatic heterocycles. The fourth-order valence-corrected chi connectivity index (χ4v) is 6.19. The lowest BCUT2D eigenvalue weighted by Gasteiger charge is -2.28. The van der Waals surface area contributed by atoms with Crippen molar-refractivity contribution in [2.45, 2.75) is 0 Å². The van der Waals surface area contributed by atoms with E-state index in [1.807, 2.05) is 208 Å². The van der Waals surface area contributed by atoms with Crippen LogP contribution < -0.4 is 49.7 Å². The fraction of sp³-hybridized carbons (Fsp3) is 0.244. The van der Waals surface area contributed by atoms with Crippen molar-refractivity contribution in [1.29, 1.82) is 0 Å². The Hall–Kier alpha value is -6.10. The van der Waals surface area contributed by atoms with Crippen LogP contribution in [0.2, 0.25) is 0 Å². The highest BCUT2D eigenvalue weighted by atomic mass is 19.1. The molecule has 0 unspecified atom stereocenters.